The zero-order valence-electron chi connectivity index (χ0n) is 15.6. The van der Waals surface area contributed by atoms with Crippen LogP contribution >= 0.6 is 0 Å². The Balaban J connectivity index is 2.37. The maximum atomic E-state index is 13.3. The van der Waals surface area contributed by atoms with Gasteiger partial charge in [-0.15, -0.1) is 6.42 Å². The van der Waals surface area contributed by atoms with Crippen molar-refractivity contribution < 1.29 is 27.5 Å². The second-order valence-electron chi connectivity index (χ2n) is 6.39. The average molecular weight is 393 g/mol. The van der Waals surface area contributed by atoms with E-state index in [0.29, 0.717) is 5.75 Å². The fraction of sp³-hybridized carbons (Fsp3) is 0.474. The lowest BCUT2D eigenvalue weighted by atomic mass is 9.95. The standard InChI is InChI=1S/C19H23NO6S/c1-5-14(2)26-16-6-8-17(9-7-16)27(23,24)19(18(22)25-4)10-12-20(13-11-19)15(3)21/h1,6-9,14H,10-13H2,2-4H3. The predicted octanol–water partition coefficient (Wildman–Crippen LogP) is 1.41. The molecule has 1 aromatic carbocycles. The Bertz CT molecular complexity index is 845. The number of rotatable bonds is 5. The highest BCUT2D eigenvalue weighted by Gasteiger charge is 2.54. The molecule has 0 bridgehead atoms. The molecule has 1 unspecified atom stereocenters. The van der Waals surface area contributed by atoms with Crippen LogP contribution in [0.25, 0.3) is 0 Å². The van der Waals surface area contributed by atoms with Crippen molar-refractivity contribution >= 4 is 21.7 Å². The number of piperidine rings is 1. The lowest BCUT2D eigenvalue weighted by molar-refractivity contribution is -0.146. The molecule has 1 fully saturated rings. The van der Waals surface area contributed by atoms with Crippen LogP contribution in [0.15, 0.2) is 29.2 Å². The lowest BCUT2D eigenvalue weighted by Gasteiger charge is -2.38. The fourth-order valence-corrected chi connectivity index (χ4v) is 5.08. The Morgan fingerprint density at radius 1 is 1.22 bits per heavy atom. The molecule has 1 aliphatic heterocycles. The Hall–Kier alpha value is -2.53. The van der Waals surface area contributed by atoms with Gasteiger partial charge in [0.05, 0.1) is 12.0 Å². The molecule has 0 spiro atoms. The molecule has 8 heteroatoms. The van der Waals surface area contributed by atoms with E-state index in [4.69, 9.17) is 15.9 Å². The van der Waals surface area contributed by atoms with E-state index in [1.54, 1.807) is 6.92 Å². The van der Waals surface area contributed by atoms with Crippen LogP contribution in [0.2, 0.25) is 0 Å². The first kappa shape index (κ1) is 20.8. The number of hydrogen-bond donors (Lipinski definition) is 0. The highest BCUT2D eigenvalue weighted by molar-refractivity contribution is 7.93. The summed E-state index contributed by atoms with van der Waals surface area (Å²) in [5.41, 5.74) is 0. The minimum Gasteiger partial charge on any atom is -0.478 e. The number of esters is 1. The molecular weight excluding hydrogens is 370 g/mol. The first-order valence-corrected chi connectivity index (χ1v) is 9.97. The van der Waals surface area contributed by atoms with Gasteiger partial charge in [0, 0.05) is 20.0 Å². The maximum absolute atomic E-state index is 13.3. The van der Waals surface area contributed by atoms with E-state index >= 15 is 0 Å². The predicted molar refractivity (Wildman–Crippen MR) is 98.8 cm³/mol. The lowest BCUT2D eigenvalue weighted by Crippen LogP contribution is -2.55. The van der Waals surface area contributed by atoms with E-state index in [-0.39, 0.29) is 36.7 Å². The van der Waals surface area contributed by atoms with Gasteiger partial charge >= 0.3 is 5.97 Å². The molecule has 1 aromatic rings. The quantitative estimate of drug-likeness (QED) is 0.555. The molecule has 1 saturated heterocycles. The van der Waals surface area contributed by atoms with Gasteiger partial charge in [-0.2, -0.15) is 0 Å². The van der Waals surface area contributed by atoms with Crippen LogP contribution in [0.1, 0.15) is 26.7 Å². The van der Waals surface area contributed by atoms with Crippen molar-refractivity contribution in [3.05, 3.63) is 24.3 Å². The van der Waals surface area contributed by atoms with Gasteiger partial charge < -0.3 is 14.4 Å². The summed E-state index contributed by atoms with van der Waals surface area (Å²) in [6, 6.07) is 5.76. The van der Waals surface area contributed by atoms with Crippen molar-refractivity contribution in [1.82, 2.24) is 4.90 Å². The molecule has 1 heterocycles. The summed E-state index contributed by atoms with van der Waals surface area (Å²) < 4.78 is 35.1. The number of methoxy groups -OCH3 is 1. The number of benzene rings is 1. The Morgan fingerprint density at radius 3 is 2.22 bits per heavy atom. The summed E-state index contributed by atoms with van der Waals surface area (Å²) in [5, 5.41) is 0. The first-order valence-electron chi connectivity index (χ1n) is 8.49. The van der Waals surface area contributed by atoms with Gasteiger partial charge in [0.2, 0.25) is 5.91 Å². The van der Waals surface area contributed by atoms with Crippen LogP contribution in [0, 0.1) is 12.3 Å². The van der Waals surface area contributed by atoms with Crippen molar-refractivity contribution in [2.75, 3.05) is 20.2 Å². The highest BCUT2D eigenvalue weighted by atomic mass is 32.2. The third-order valence-electron chi connectivity index (χ3n) is 4.77. The minimum absolute atomic E-state index is 0.00937. The number of sulfone groups is 1. The number of carbonyl (C=O) groups is 2. The molecule has 1 amide bonds. The summed E-state index contributed by atoms with van der Waals surface area (Å²) in [7, 11) is -2.88. The molecule has 2 rings (SSSR count). The number of likely N-dealkylation sites (tertiary alicyclic amines) is 1. The third-order valence-corrected chi connectivity index (χ3v) is 7.27. The van der Waals surface area contributed by atoms with Gasteiger partial charge in [-0.3, -0.25) is 9.59 Å². The number of amides is 1. The summed E-state index contributed by atoms with van der Waals surface area (Å²) in [4.78, 5) is 25.5. The van der Waals surface area contributed by atoms with Crippen LogP contribution in [0.5, 0.6) is 5.75 Å². The molecule has 27 heavy (non-hydrogen) atoms. The first-order chi connectivity index (χ1) is 12.7. The van der Waals surface area contributed by atoms with E-state index in [1.165, 1.54) is 36.1 Å². The van der Waals surface area contributed by atoms with Crippen molar-refractivity contribution in [3.8, 4) is 18.1 Å². The molecule has 0 N–H and O–H groups in total. The molecule has 0 saturated carbocycles. The smallest absolute Gasteiger partial charge is 0.327 e. The molecule has 1 atom stereocenters. The zero-order valence-corrected chi connectivity index (χ0v) is 16.4. The third kappa shape index (κ3) is 3.93. The molecule has 146 valence electrons. The zero-order chi connectivity index (χ0) is 20.2. The summed E-state index contributed by atoms with van der Waals surface area (Å²) in [5.74, 6) is 1.88. The topological polar surface area (TPSA) is 90.0 Å². The number of nitrogens with zero attached hydrogens (tertiary/aromatic N) is 1. The Morgan fingerprint density at radius 2 is 1.78 bits per heavy atom. The normalized spacial score (nSPS) is 17.5. The fourth-order valence-electron chi connectivity index (χ4n) is 3.11. The number of carbonyl (C=O) groups excluding carboxylic acids is 2. The van der Waals surface area contributed by atoms with Crippen molar-refractivity contribution in [2.24, 2.45) is 0 Å². The number of hydrogen-bond acceptors (Lipinski definition) is 6. The Labute approximate surface area is 159 Å². The average Bonchev–Trinajstić information content (AvgIpc) is 2.67. The van der Waals surface area contributed by atoms with Crippen LogP contribution < -0.4 is 4.74 Å². The molecular formula is C19H23NO6S. The number of ether oxygens (including phenoxy) is 2. The van der Waals surface area contributed by atoms with Crippen LogP contribution in [0.3, 0.4) is 0 Å². The van der Waals surface area contributed by atoms with Crippen molar-refractivity contribution in [2.45, 2.75) is 42.4 Å². The highest BCUT2D eigenvalue weighted by Crippen LogP contribution is 2.37. The van der Waals surface area contributed by atoms with E-state index in [1.807, 2.05) is 0 Å². The van der Waals surface area contributed by atoms with Crippen molar-refractivity contribution in [3.63, 3.8) is 0 Å². The van der Waals surface area contributed by atoms with E-state index in [2.05, 4.69) is 5.92 Å². The van der Waals surface area contributed by atoms with Gasteiger partial charge in [-0.1, -0.05) is 5.92 Å². The monoisotopic (exact) mass is 393 g/mol. The largest absolute Gasteiger partial charge is 0.478 e. The molecule has 0 aromatic heterocycles. The van der Waals surface area contributed by atoms with Gasteiger partial charge in [-0.25, -0.2) is 8.42 Å². The van der Waals surface area contributed by atoms with E-state index in [0.717, 1.165) is 7.11 Å². The summed E-state index contributed by atoms with van der Waals surface area (Å²) in [6.45, 7) is 3.45. The minimum atomic E-state index is -4.04. The molecule has 1 aliphatic rings. The van der Waals surface area contributed by atoms with E-state index in [9.17, 15) is 18.0 Å². The van der Waals surface area contributed by atoms with Crippen LogP contribution in [0.4, 0.5) is 0 Å². The van der Waals surface area contributed by atoms with Gasteiger partial charge in [-0.05, 0) is 44.0 Å². The summed E-state index contributed by atoms with van der Waals surface area (Å²) in [6.07, 6.45) is 4.77. The second kappa shape index (κ2) is 8.01. The maximum Gasteiger partial charge on any atom is 0.327 e. The Kier molecular flexibility index (Phi) is 6.16. The van der Waals surface area contributed by atoms with Crippen LogP contribution in [-0.2, 0) is 24.2 Å². The molecule has 7 nitrogen and oxygen atoms in total. The summed E-state index contributed by atoms with van der Waals surface area (Å²) >= 11 is 0. The van der Waals surface area contributed by atoms with E-state index < -0.39 is 26.7 Å². The second-order valence-corrected chi connectivity index (χ2v) is 8.65. The van der Waals surface area contributed by atoms with Gasteiger partial charge in [0.25, 0.3) is 0 Å². The van der Waals surface area contributed by atoms with Crippen LogP contribution in [-0.4, -0.2) is 56.2 Å². The van der Waals surface area contributed by atoms with Gasteiger partial charge in [0.15, 0.2) is 20.7 Å². The number of terminal acetylenes is 1. The van der Waals surface area contributed by atoms with Crippen molar-refractivity contribution in [1.29, 1.82) is 0 Å². The van der Waals surface area contributed by atoms with Gasteiger partial charge in [0.1, 0.15) is 5.75 Å². The molecule has 0 aliphatic carbocycles. The SMILES string of the molecule is C#CC(C)Oc1ccc(S(=O)(=O)C2(C(=O)OC)CCN(C(C)=O)CC2)cc1. The molecule has 0 radical (unpaired) electrons.